The van der Waals surface area contributed by atoms with Crippen molar-refractivity contribution in [2.45, 2.75) is 26.2 Å². The molecule has 1 fully saturated rings. The monoisotopic (exact) mass is 396 g/mol. The summed E-state index contributed by atoms with van der Waals surface area (Å²) in [5.41, 5.74) is 0.666. The van der Waals surface area contributed by atoms with Gasteiger partial charge < -0.3 is 19.7 Å². The summed E-state index contributed by atoms with van der Waals surface area (Å²) in [6.45, 7) is 3.89. The SMILES string of the molecule is CCOc1ccccc1NC(=O)C1CCCN(C(=O)CCOc2ccccc2)C1. The van der Waals surface area contributed by atoms with Crippen LogP contribution in [0.4, 0.5) is 5.69 Å². The number of hydrogen-bond acceptors (Lipinski definition) is 4. The molecule has 1 N–H and O–H groups in total. The number of likely N-dealkylation sites (tertiary alicyclic amines) is 1. The molecule has 2 aromatic rings. The number of hydrogen-bond donors (Lipinski definition) is 1. The average Bonchev–Trinajstić information content (AvgIpc) is 2.76. The molecule has 2 aromatic carbocycles. The third-order valence-electron chi connectivity index (χ3n) is 4.92. The maximum absolute atomic E-state index is 12.8. The summed E-state index contributed by atoms with van der Waals surface area (Å²) >= 11 is 0. The molecule has 1 aliphatic heterocycles. The normalized spacial score (nSPS) is 16.2. The lowest BCUT2D eigenvalue weighted by molar-refractivity contribution is -0.135. The minimum absolute atomic E-state index is 0.0214. The Morgan fingerprint density at radius 3 is 2.62 bits per heavy atom. The van der Waals surface area contributed by atoms with Crippen molar-refractivity contribution in [1.82, 2.24) is 4.90 Å². The summed E-state index contributed by atoms with van der Waals surface area (Å²) in [5, 5.41) is 2.96. The molecule has 1 saturated heterocycles. The van der Waals surface area contributed by atoms with Crippen molar-refractivity contribution in [3.63, 3.8) is 0 Å². The first-order valence-electron chi connectivity index (χ1n) is 10.2. The van der Waals surface area contributed by atoms with Crippen LogP contribution >= 0.6 is 0 Å². The van der Waals surface area contributed by atoms with E-state index in [0.29, 0.717) is 44.2 Å². The van der Waals surface area contributed by atoms with Crippen LogP contribution in [0, 0.1) is 5.92 Å². The quantitative estimate of drug-likeness (QED) is 0.738. The zero-order chi connectivity index (χ0) is 20.5. The Balaban J connectivity index is 1.50. The summed E-state index contributed by atoms with van der Waals surface area (Å²) in [7, 11) is 0. The van der Waals surface area contributed by atoms with Gasteiger partial charge in [0.1, 0.15) is 11.5 Å². The van der Waals surface area contributed by atoms with Gasteiger partial charge in [-0.15, -0.1) is 0 Å². The van der Waals surface area contributed by atoms with Gasteiger partial charge in [-0.25, -0.2) is 0 Å². The molecule has 0 radical (unpaired) electrons. The second-order valence-electron chi connectivity index (χ2n) is 7.01. The first-order valence-corrected chi connectivity index (χ1v) is 10.2. The first-order chi connectivity index (χ1) is 14.2. The molecule has 6 nitrogen and oxygen atoms in total. The Morgan fingerprint density at radius 1 is 1.07 bits per heavy atom. The Kier molecular flexibility index (Phi) is 7.50. The van der Waals surface area contributed by atoms with Crippen LogP contribution in [0.2, 0.25) is 0 Å². The van der Waals surface area contributed by atoms with Gasteiger partial charge in [0.05, 0.1) is 31.2 Å². The molecule has 1 unspecified atom stereocenters. The second-order valence-corrected chi connectivity index (χ2v) is 7.01. The van der Waals surface area contributed by atoms with Crippen molar-refractivity contribution >= 4 is 17.5 Å². The van der Waals surface area contributed by atoms with Gasteiger partial charge in [0, 0.05) is 13.1 Å². The third kappa shape index (κ3) is 5.98. The van der Waals surface area contributed by atoms with Crippen LogP contribution in [-0.2, 0) is 9.59 Å². The number of amides is 2. The summed E-state index contributed by atoms with van der Waals surface area (Å²) in [5.74, 6) is 1.13. The van der Waals surface area contributed by atoms with E-state index in [1.54, 1.807) is 4.90 Å². The van der Waals surface area contributed by atoms with Crippen LogP contribution in [0.3, 0.4) is 0 Å². The maximum Gasteiger partial charge on any atom is 0.229 e. The lowest BCUT2D eigenvalue weighted by Gasteiger charge is -2.32. The molecule has 2 amide bonds. The minimum Gasteiger partial charge on any atom is -0.493 e. The second kappa shape index (κ2) is 10.5. The van der Waals surface area contributed by atoms with Crippen molar-refractivity contribution < 1.29 is 19.1 Å². The molecule has 6 heteroatoms. The molecular formula is C23H28N2O4. The zero-order valence-corrected chi connectivity index (χ0v) is 16.8. The summed E-state index contributed by atoms with van der Waals surface area (Å²) in [6, 6.07) is 16.9. The van der Waals surface area contributed by atoms with Crippen molar-refractivity contribution in [3.8, 4) is 11.5 Å². The Bertz CT molecular complexity index is 810. The van der Waals surface area contributed by atoms with Gasteiger partial charge in [-0.2, -0.15) is 0 Å². The fourth-order valence-electron chi connectivity index (χ4n) is 3.43. The van der Waals surface area contributed by atoms with Gasteiger partial charge in [0.2, 0.25) is 11.8 Å². The maximum atomic E-state index is 12.8. The Labute approximate surface area is 171 Å². The predicted octanol–water partition coefficient (Wildman–Crippen LogP) is 3.73. The van der Waals surface area contributed by atoms with Gasteiger partial charge >= 0.3 is 0 Å². The summed E-state index contributed by atoms with van der Waals surface area (Å²) in [4.78, 5) is 27.1. The van der Waals surface area contributed by atoms with E-state index in [2.05, 4.69) is 5.32 Å². The average molecular weight is 396 g/mol. The number of rotatable bonds is 8. The lowest BCUT2D eigenvalue weighted by atomic mass is 9.96. The molecule has 0 saturated carbocycles. The largest absolute Gasteiger partial charge is 0.493 e. The molecule has 0 aliphatic carbocycles. The van der Waals surface area contributed by atoms with Gasteiger partial charge in [0.15, 0.2) is 0 Å². The highest BCUT2D eigenvalue weighted by Crippen LogP contribution is 2.26. The van der Waals surface area contributed by atoms with E-state index in [9.17, 15) is 9.59 Å². The molecular weight excluding hydrogens is 368 g/mol. The van der Waals surface area contributed by atoms with Gasteiger partial charge in [-0.05, 0) is 44.0 Å². The predicted molar refractivity (Wildman–Crippen MR) is 112 cm³/mol. The number of carbonyl (C=O) groups is 2. The minimum atomic E-state index is -0.225. The van der Waals surface area contributed by atoms with Crippen LogP contribution < -0.4 is 14.8 Å². The number of benzene rings is 2. The lowest BCUT2D eigenvalue weighted by Crippen LogP contribution is -2.44. The number of para-hydroxylation sites is 3. The molecule has 0 bridgehead atoms. The molecule has 29 heavy (non-hydrogen) atoms. The number of piperidine rings is 1. The number of carbonyl (C=O) groups excluding carboxylic acids is 2. The van der Waals surface area contributed by atoms with Crippen molar-refractivity contribution in [2.75, 3.05) is 31.6 Å². The number of nitrogens with zero attached hydrogens (tertiary/aromatic N) is 1. The first kappa shape index (κ1) is 20.7. The number of anilines is 1. The van der Waals surface area contributed by atoms with Crippen molar-refractivity contribution in [3.05, 3.63) is 54.6 Å². The van der Waals surface area contributed by atoms with E-state index in [1.165, 1.54) is 0 Å². The zero-order valence-electron chi connectivity index (χ0n) is 16.8. The van der Waals surface area contributed by atoms with Crippen LogP contribution in [0.25, 0.3) is 0 Å². The molecule has 0 spiro atoms. The number of ether oxygens (including phenoxy) is 2. The molecule has 1 heterocycles. The van der Waals surface area contributed by atoms with Crippen LogP contribution in [0.1, 0.15) is 26.2 Å². The molecule has 1 atom stereocenters. The van der Waals surface area contributed by atoms with E-state index < -0.39 is 0 Å². The van der Waals surface area contributed by atoms with E-state index in [1.807, 2.05) is 61.5 Å². The third-order valence-corrected chi connectivity index (χ3v) is 4.92. The van der Waals surface area contributed by atoms with Crippen molar-refractivity contribution in [2.24, 2.45) is 5.92 Å². The molecule has 154 valence electrons. The fraction of sp³-hybridized carbons (Fsp3) is 0.391. The van der Waals surface area contributed by atoms with E-state index in [-0.39, 0.29) is 17.7 Å². The fourth-order valence-corrected chi connectivity index (χ4v) is 3.43. The van der Waals surface area contributed by atoms with Crippen LogP contribution in [-0.4, -0.2) is 43.0 Å². The van der Waals surface area contributed by atoms with Crippen molar-refractivity contribution in [1.29, 1.82) is 0 Å². The van der Waals surface area contributed by atoms with Gasteiger partial charge in [-0.1, -0.05) is 30.3 Å². The Morgan fingerprint density at radius 2 is 1.83 bits per heavy atom. The van der Waals surface area contributed by atoms with Crippen LogP contribution in [0.15, 0.2) is 54.6 Å². The van der Waals surface area contributed by atoms with E-state index in [0.717, 1.165) is 18.6 Å². The van der Waals surface area contributed by atoms with Crippen LogP contribution in [0.5, 0.6) is 11.5 Å². The molecule has 3 rings (SSSR count). The number of nitrogens with one attached hydrogen (secondary N) is 1. The van der Waals surface area contributed by atoms with Gasteiger partial charge in [0.25, 0.3) is 0 Å². The highest BCUT2D eigenvalue weighted by atomic mass is 16.5. The smallest absolute Gasteiger partial charge is 0.229 e. The molecule has 0 aromatic heterocycles. The molecule has 1 aliphatic rings. The van der Waals surface area contributed by atoms with E-state index in [4.69, 9.17) is 9.47 Å². The highest BCUT2D eigenvalue weighted by molar-refractivity contribution is 5.94. The standard InChI is InChI=1S/C23H28N2O4/c1-2-28-21-13-7-6-12-20(21)24-23(27)18-9-8-15-25(17-18)22(26)14-16-29-19-10-4-3-5-11-19/h3-7,10-13,18H,2,8-9,14-17H2,1H3,(H,24,27). The topological polar surface area (TPSA) is 67.9 Å². The highest BCUT2D eigenvalue weighted by Gasteiger charge is 2.28. The summed E-state index contributed by atoms with van der Waals surface area (Å²) < 4.78 is 11.2. The van der Waals surface area contributed by atoms with Gasteiger partial charge in [-0.3, -0.25) is 9.59 Å². The summed E-state index contributed by atoms with van der Waals surface area (Å²) in [6.07, 6.45) is 1.89. The Hall–Kier alpha value is -3.02. The van der Waals surface area contributed by atoms with E-state index >= 15 is 0 Å².